The van der Waals surface area contributed by atoms with E-state index in [0.29, 0.717) is 0 Å². The van der Waals surface area contributed by atoms with Crippen LogP contribution < -0.4 is 10.5 Å². The molecule has 1 aromatic carbocycles. The van der Waals surface area contributed by atoms with Gasteiger partial charge in [-0.25, -0.2) is 4.98 Å². The van der Waals surface area contributed by atoms with Crippen molar-refractivity contribution in [3.05, 3.63) is 40.8 Å². The van der Waals surface area contributed by atoms with Gasteiger partial charge >= 0.3 is 0 Å². The molecule has 5 heteroatoms. The van der Waals surface area contributed by atoms with Crippen LogP contribution in [0.3, 0.4) is 0 Å². The fourth-order valence-electron chi connectivity index (χ4n) is 1.88. The van der Waals surface area contributed by atoms with Crippen molar-refractivity contribution in [2.45, 2.75) is 33.1 Å². The van der Waals surface area contributed by atoms with E-state index in [1.54, 1.807) is 0 Å². The number of aryl methyl sites for hydroxylation is 1. The molecule has 0 aliphatic rings. The summed E-state index contributed by atoms with van der Waals surface area (Å²) in [5.74, 6) is 1.01. The quantitative estimate of drug-likeness (QED) is 0.846. The maximum absolute atomic E-state index is 5.88. The summed E-state index contributed by atoms with van der Waals surface area (Å²) >= 11 is 5.88. The van der Waals surface area contributed by atoms with Crippen LogP contribution in [-0.2, 0) is 5.41 Å². The highest BCUT2D eigenvalue weighted by molar-refractivity contribution is 6.32. The highest BCUT2D eigenvalue weighted by atomic mass is 35.5. The molecule has 0 bridgehead atoms. The Kier molecular flexibility index (Phi) is 3.86. The SMILES string of the molecule is Cc1ccc(C(C)(C)C)c(Oc2ncnc(Cl)c2N)c1. The summed E-state index contributed by atoms with van der Waals surface area (Å²) in [5, 5.41) is 0.194. The summed E-state index contributed by atoms with van der Waals surface area (Å²) in [6.07, 6.45) is 1.33. The second kappa shape index (κ2) is 5.29. The van der Waals surface area contributed by atoms with E-state index in [1.165, 1.54) is 6.33 Å². The Balaban J connectivity index is 2.48. The molecule has 0 atom stereocenters. The average molecular weight is 292 g/mol. The minimum Gasteiger partial charge on any atom is -0.437 e. The van der Waals surface area contributed by atoms with Crippen molar-refractivity contribution in [1.82, 2.24) is 9.97 Å². The molecule has 0 radical (unpaired) electrons. The van der Waals surface area contributed by atoms with Crippen molar-refractivity contribution in [2.24, 2.45) is 0 Å². The summed E-state index contributed by atoms with van der Waals surface area (Å²) in [4.78, 5) is 7.86. The molecule has 0 spiro atoms. The Hall–Kier alpha value is -1.81. The zero-order valence-electron chi connectivity index (χ0n) is 12.1. The van der Waals surface area contributed by atoms with Crippen LogP contribution in [0.5, 0.6) is 11.6 Å². The van der Waals surface area contributed by atoms with Gasteiger partial charge in [-0.15, -0.1) is 0 Å². The van der Waals surface area contributed by atoms with Crippen LogP contribution in [0.2, 0.25) is 5.15 Å². The first-order valence-corrected chi connectivity index (χ1v) is 6.72. The molecule has 0 saturated heterocycles. The van der Waals surface area contributed by atoms with Gasteiger partial charge in [-0.1, -0.05) is 44.5 Å². The predicted octanol–water partition coefficient (Wildman–Crippen LogP) is 4.11. The molecule has 0 fully saturated rings. The number of ether oxygens (including phenoxy) is 1. The number of halogens is 1. The lowest BCUT2D eigenvalue weighted by Gasteiger charge is -2.23. The normalized spacial score (nSPS) is 11.4. The molecule has 0 unspecified atom stereocenters. The zero-order valence-corrected chi connectivity index (χ0v) is 12.8. The van der Waals surface area contributed by atoms with Gasteiger partial charge in [0.05, 0.1) is 0 Å². The van der Waals surface area contributed by atoms with Crippen LogP contribution in [-0.4, -0.2) is 9.97 Å². The van der Waals surface area contributed by atoms with E-state index in [0.717, 1.165) is 16.9 Å². The van der Waals surface area contributed by atoms with Crippen LogP contribution in [0.25, 0.3) is 0 Å². The molecule has 20 heavy (non-hydrogen) atoms. The maximum atomic E-state index is 5.88. The zero-order chi connectivity index (χ0) is 14.9. The molecular formula is C15H18ClN3O. The van der Waals surface area contributed by atoms with Crippen LogP contribution in [0.4, 0.5) is 5.69 Å². The first kappa shape index (κ1) is 14.6. The van der Waals surface area contributed by atoms with Crippen molar-refractivity contribution in [3.8, 4) is 11.6 Å². The fourth-order valence-corrected chi connectivity index (χ4v) is 2.00. The minimum atomic E-state index is -0.0470. The predicted molar refractivity (Wildman–Crippen MR) is 81.4 cm³/mol. The van der Waals surface area contributed by atoms with Gasteiger partial charge in [0.25, 0.3) is 0 Å². The maximum Gasteiger partial charge on any atom is 0.247 e. The van der Waals surface area contributed by atoms with Gasteiger partial charge in [0.1, 0.15) is 17.8 Å². The summed E-state index contributed by atoms with van der Waals surface area (Å²) in [6.45, 7) is 8.39. The number of rotatable bonds is 2. The molecule has 0 saturated carbocycles. The van der Waals surface area contributed by atoms with Gasteiger partial charge in [-0.2, -0.15) is 4.98 Å². The third-order valence-electron chi connectivity index (χ3n) is 2.95. The first-order chi connectivity index (χ1) is 9.29. The van der Waals surface area contributed by atoms with Crippen molar-refractivity contribution < 1.29 is 4.74 Å². The highest BCUT2D eigenvalue weighted by Gasteiger charge is 2.20. The lowest BCUT2D eigenvalue weighted by atomic mass is 9.86. The smallest absolute Gasteiger partial charge is 0.247 e. The summed E-state index contributed by atoms with van der Waals surface area (Å²) in [7, 11) is 0. The standard InChI is InChI=1S/C15H18ClN3O/c1-9-5-6-10(15(2,3)4)11(7-9)20-14-12(17)13(16)18-8-19-14/h5-8H,17H2,1-4H3. The van der Waals surface area contributed by atoms with Crippen LogP contribution in [0, 0.1) is 6.92 Å². The molecule has 1 aromatic heterocycles. The first-order valence-electron chi connectivity index (χ1n) is 6.34. The van der Waals surface area contributed by atoms with Crippen LogP contribution >= 0.6 is 11.6 Å². The Morgan fingerprint density at radius 1 is 1.20 bits per heavy atom. The lowest BCUT2D eigenvalue weighted by molar-refractivity contribution is 0.440. The van der Waals surface area contributed by atoms with Crippen LogP contribution in [0.1, 0.15) is 31.9 Å². The fraction of sp³-hybridized carbons (Fsp3) is 0.333. The molecule has 106 valence electrons. The van der Waals surface area contributed by atoms with Crippen LogP contribution in [0.15, 0.2) is 24.5 Å². The Bertz CT molecular complexity index is 636. The lowest BCUT2D eigenvalue weighted by Crippen LogP contribution is -2.13. The summed E-state index contributed by atoms with van der Waals surface area (Å²) < 4.78 is 5.87. The average Bonchev–Trinajstić information content (AvgIpc) is 2.33. The number of nitrogen functional groups attached to an aromatic ring is 1. The summed E-state index contributed by atoms with van der Waals surface area (Å²) in [5.41, 5.74) is 8.23. The molecule has 0 aliphatic heterocycles. The topological polar surface area (TPSA) is 61.0 Å². The monoisotopic (exact) mass is 291 g/mol. The molecule has 4 nitrogen and oxygen atoms in total. The van der Waals surface area contributed by atoms with Gasteiger partial charge < -0.3 is 10.5 Å². The second-order valence-corrected chi connectivity index (χ2v) is 6.09. The van der Waals surface area contributed by atoms with Crippen molar-refractivity contribution in [2.75, 3.05) is 5.73 Å². The van der Waals surface area contributed by atoms with Gasteiger partial charge in [0, 0.05) is 5.56 Å². The number of nitrogens with zero attached hydrogens (tertiary/aromatic N) is 2. The van der Waals surface area contributed by atoms with Gasteiger partial charge in [-0.05, 0) is 24.0 Å². The summed E-state index contributed by atoms with van der Waals surface area (Å²) in [6, 6.07) is 6.09. The van der Waals surface area contributed by atoms with E-state index in [-0.39, 0.29) is 22.1 Å². The number of benzene rings is 1. The van der Waals surface area contributed by atoms with Gasteiger partial charge in [0.2, 0.25) is 5.88 Å². The van der Waals surface area contributed by atoms with E-state index >= 15 is 0 Å². The Labute approximate surface area is 124 Å². The molecule has 2 aromatic rings. The molecule has 2 N–H and O–H groups in total. The molecule has 2 rings (SSSR count). The Morgan fingerprint density at radius 3 is 2.55 bits per heavy atom. The number of anilines is 1. The van der Waals surface area contributed by atoms with Crippen molar-refractivity contribution in [1.29, 1.82) is 0 Å². The number of hydrogen-bond acceptors (Lipinski definition) is 4. The Morgan fingerprint density at radius 2 is 1.90 bits per heavy atom. The molecule has 0 aliphatic carbocycles. The van der Waals surface area contributed by atoms with Crippen molar-refractivity contribution in [3.63, 3.8) is 0 Å². The van der Waals surface area contributed by atoms with Gasteiger partial charge in [-0.3, -0.25) is 0 Å². The van der Waals surface area contributed by atoms with Gasteiger partial charge in [0.15, 0.2) is 5.15 Å². The number of hydrogen-bond donors (Lipinski definition) is 1. The molecule has 0 amide bonds. The number of nitrogens with two attached hydrogens (primary N) is 1. The van der Waals surface area contributed by atoms with E-state index in [9.17, 15) is 0 Å². The largest absolute Gasteiger partial charge is 0.437 e. The second-order valence-electron chi connectivity index (χ2n) is 5.73. The minimum absolute atomic E-state index is 0.0470. The van der Waals surface area contributed by atoms with E-state index in [1.807, 2.05) is 13.0 Å². The van der Waals surface area contributed by atoms with E-state index < -0.39 is 0 Å². The third kappa shape index (κ3) is 3.02. The van der Waals surface area contributed by atoms with Crippen molar-refractivity contribution >= 4 is 17.3 Å². The highest BCUT2D eigenvalue weighted by Crippen LogP contribution is 2.36. The molecule has 1 heterocycles. The number of aromatic nitrogens is 2. The molecular weight excluding hydrogens is 274 g/mol. The van der Waals surface area contributed by atoms with E-state index in [4.69, 9.17) is 22.1 Å². The van der Waals surface area contributed by atoms with E-state index in [2.05, 4.69) is 42.9 Å². The third-order valence-corrected chi connectivity index (χ3v) is 3.25.